The molecule has 4 nitrogen and oxygen atoms in total. The lowest BCUT2D eigenvalue weighted by atomic mass is 10.2. The summed E-state index contributed by atoms with van der Waals surface area (Å²) in [4.78, 5) is 11.4. The minimum Gasteiger partial charge on any atom is -0.392 e. The second kappa shape index (κ2) is 5.43. The van der Waals surface area contributed by atoms with Crippen LogP contribution in [0, 0.1) is 0 Å². The van der Waals surface area contributed by atoms with E-state index in [1.165, 1.54) is 6.26 Å². The van der Waals surface area contributed by atoms with Crippen molar-refractivity contribution in [1.82, 2.24) is 0 Å². The lowest BCUT2D eigenvalue weighted by Crippen LogP contribution is -2.04. The lowest BCUT2D eigenvalue weighted by Gasteiger charge is -2.04. The van der Waals surface area contributed by atoms with Crippen molar-refractivity contribution in [2.24, 2.45) is 4.36 Å². The first kappa shape index (κ1) is 13.2. The van der Waals surface area contributed by atoms with E-state index >= 15 is 0 Å². The van der Waals surface area contributed by atoms with Crippen molar-refractivity contribution in [3.63, 3.8) is 0 Å². The first-order valence-electron chi connectivity index (χ1n) is 4.50. The predicted octanol–water partition coefficient (Wildman–Crippen LogP) is 1.40. The van der Waals surface area contributed by atoms with E-state index in [2.05, 4.69) is 4.36 Å². The van der Waals surface area contributed by atoms with Gasteiger partial charge in [0.2, 0.25) is 0 Å². The van der Waals surface area contributed by atoms with Crippen molar-refractivity contribution in [2.45, 2.75) is 11.5 Å². The van der Waals surface area contributed by atoms with Crippen LogP contribution in [0.25, 0.3) is 0 Å². The van der Waals surface area contributed by atoms with Crippen LogP contribution in [0.4, 0.5) is 0 Å². The molecule has 0 fully saturated rings. The van der Waals surface area contributed by atoms with Crippen molar-refractivity contribution < 1.29 is 14.1 Å². The molecule has 0 saturated carbocycles. The summed E-state index contributed by atoms with van der Waals surface area (Å²) in [6.45, 7) is -0.146. The van der Waals surface area contributed by atoms with E-state index in [9.17, 15) is 9.00 Å². The van der Waals surface area contributed by atoms with Gasteiger partial charge in [0.25, 0.3) is 5.91 Å². The Morgan fingerprint density at radius 1 is 1.56 bits per heavy atom. The molecule has 0 spiro atoms. The maximum atomic E-state index is 12.1. The third-order valence-corrected chi connectivity index (χ3v) is 3.82. The molecule has 0 aliphatic rings. The van der Waals surface area contributed by atoms with E-state index in [0.717, 1.165) is 0 Å². The van der Waals surface area contributed by atoms with Crippen LogP contribution in [-0.4, -0.2) is 27.4 Å². The number of nitrogens with zero attached hydrogens (tertiary/aromatic N) is 1. The molecule has 1 aromatic carbocycles. The molecular weight excluding hydrogens is 250 g/mol. The number of carbonyl (C=O) groups excluding carboxylic acids is 1. The fourth-order valence-electron chi connectivity index (χ4n) is 1.15. The Kier molecular flexibility index (Phi) is 4.46. The molecule has 0 heterocycles. The number of rotatable bonds is 3. The van der Waals surface area contributed by atoms with E-state index in [4.69, 9.17) is 16.7 Å². The molecule has 0 aliphatic heterocycles. The van der Waals surface area contributed by atoms with Gasteiger partial charge >= 0.3 is 0 Å². The number of carbonyl (C=O) groups is 1. The SMILES string of the molecule is CS(=O)(=NC(=O)CCl)c1cccc(CO)c1. The third-order valence-electron chi connectivity index (χ3n) is 1.91. The molecule has 6 heteroatoms. The number of hydrogen-bond donors (Lipinski definition) is 1. The van der Waals surface area contributed by atoms with Gasteiger partial charge in [0.15, 0.2) is 0 Å². The Morgan fingerprint density at radius 2 is 2.25 bits per heavy atom. The lowest BCUT2D eigenvalue weighted by molar-refractivity contribution is -0.115. The van der Waals surface area contributed by atoms with Crippen LogP contribution in [0.2, 0.25) is 0 Å². The summed E-state index contributed by atoms with van der Waals surface area (Å²) in [6.07, 6.45) is 1.37. The minimum absolute atomic E-state index is 0.146. The standard InChI is InChI=1S/C10H12ClNO3S/c1-16(15,12-10(14)6-11)9-4-2-3-8(5-9)7-13/h2-5,13H,6-7H2,1H3. The molecule has 0 aromatic heterocycles. The van der Waals surface area contributed by atoms with E-state index in [1.807, 2.05) is 0 Å². The zero-order valence-electron chi connectivity index (χ0n) is 8.72. The number of aliphatic hydroxyl groups excluding tert-OH is 1. The molecular formula is C10H12ClNO3S. The van der Waals surface area contributed by atoms with Gasteiger partial charge in [-0.25, -0.2) is 4.21 Å². The van der Waals surface area contributed by atoms with Gasteiger partial charge in [0, 0.05) is 11.2 Å². The average molecular weight is 262 g/mol. The van der Waals surface area contributed by atoms with E-state index in [1.54, 1.807) is 24.3 Å². The highest BCUT2D eigenvalue weighted by Gasteiger charge is 2.09. The highest BCUT2D eigenvalue weighted by molar-refractivity contribution is 7.93. The Bertz CT molecular complexity index is 507. The van der Waals surface area contributed by atoms with Gasteiger partial charge < -0.3 is 5.11 Å². The fraction of sp³-hybridized carbons (Fsp3) is 0.300. The number of aliphatic hydroxyl groups is 1. The Balaban J connectivity index is 3.21. The molecule has 1 N–H and O–H groups in total. The average Bonchev–Trinajstić information content (AvgIpc) is 2.28. The molecule has 16 heavy (non-hydrogen) atoms. The molecule has 0 bridgehead atoms. The second-order valence-corrected chi connectivity index (χ2v) is 5.75. The maximum Gasteiger partial charge on any atom is 0.268 e. The monoisotopic (exact) mass is 261 g/mol. The first-order chi connectivity index (χ1) is 7.49. The van der Waals surface area contributed by atoms with Crippen molar-refractivity contribution in [3.8, 4) is 0 Å². The van der Waals surface area contributed by atoms with Gasteiger partial charge in [-0.2, -0.15) is 4.36 Å². The summed E-state index contributed by atoms with van der Waals surface area (Å²) >= 11 is 5.30. The highest BCUT2D eigenvalue weighted by atomic mass is 35.5. The van der Waals surface area contributed by atoms with Gasteiger partial charge in [0.05, 0.1) is 16.3 Å². The molecule has 1 unspecified atom stereocenters. The Labute approximate surface area is 99.4 Å². The van der Waals surface area contributed by atoms with Gasteiger partial charge in [-0.15, -0.1) is 11.6 Å². The van der Waals surface area contributed by atoms with Gasteiger partial charge in [-0.1, -0.05) is 12.1 Å². The predicted molar refractivity (Wildman–Crippen MR) is 62.9 cm³/mol. The summed E-state index contributed by atoms with van der Waals surface area (Å²) in [6, 6.07) is 6.52. The molecule has 1 atom stereocenters. The second-order valence-electron chi connectivity index (χ2n) is 3.23. The largest absolute Gasteiger partial charge is 0.392 e. The summed E-state index contributed by atoms with van der Waals surface area (Å²) in [7, 11) is -2.77. The number of alkyl halides is 1. The van der Waals surface area contributed by atoms with Crippen LogP contribution in [0.1, 0.15) is 5.56 Å². The van der Waals surface area contributed by atoms with Crippen molar-refractivity contribution in [1.29, 1.82) is 0 Å². The number of hydrogen-bond acceptors (Lipinski definition) is 3. The summed E-state index contributed by atoms with van der Waals surface area (Å²) < 4.78 is 15.6. The van der Waals surface area contributed by atoms with Crippen LogP contribution in [0.15, 0.2) is 33.5 Å². The molecule has 88 valence electrons. The fourth-order valence-corrected chi connectivity index (χ4v) is 2.54. The van der Waals surface area contributed by atoms with Gasteiger partial charge in [-0.3, -0.25) is 4.79 Å². The van der Waals surface area contributed by atoms with Gasteiger partial charge in [0.1, 0.15) is 5.88 Å². The van der Waals surface area contributed by atoms with Crippen LogP contribution in [0.3, 0.4) is 0 Å². The van der Waals surface area contributed by atoms with E-state index < -0.39 is 15.6 Å². The van der Waals surface area contributed by atoms with Crippen molar-refractivity contribution in [3.05, 3.63) is 29.8 Å². The third kappa shape index (κ3) is 3.30. The minimum atomic E-state index is -2.77. The van der Waals surface area contributed by atoms with Crippen molar-refractivity contribution >= 4 is 27.2 Å². The zero-order valence-corrected chi connectivity index (χ0v) is 10.3. The Morgan fingerprint density at radius 3 is 2.81 bits per heavy atom. The summed E-state index contributed by atoms with van der Waals surface area (Å²) in [5.41, 5.74) is 0.626. The normalized spacial score (nSPS) is 14.2. The van der Waals surface area contributed by atoms with E-state index in [0.29, 0.717) is 10.5 Å². The summed E-state index contributed by atoms with van der Waals surface area (Å²) in [5.74, 6) is -0.895. The molecule has 0 aliphatic carbocycles. The summed E-state index contributed by atoms with van der Waals surface area (Å²) in [5, 5.41) is 8.94. The maximum absolute atomic E-state index is 12.1. The zero-order chi connectivity index (χ0) is 12.2. The quantitative estimate of drug-likeness (QED) is 0.837. The molecule has 1 aromatic rings. The molecule has 1 rings (SSSR count). The number of benzene rings is 1. The number of halogens is 1. The topological polar surface area (TPSA) is 66.7 Å². The molecule has 1 amide bonds. The highest BCUT2D eigenvalue weighted by Crippen LogP contribution is 2.14. The molecule has 0 saturated heterocycles. The Hall–Kier alpha value is -0.910. The smallest absolute Gasteiger partial charge is 0.268 e. The molecule has 0 radical (unpaired) electrons. The van der Waals surface area contributed by atoms with Crippen molar-refractivity contribution in [2.75, 3.05) is 12.1 Å². The van der Waals surface area contributed by atoms with Crippen LogP contribution in [-0.2, 0) is 21.1 Å². The first-order valence-corrected chi connectivity index (χ1v) is 6.96. The van der Waals surface area contributed by atoms with E-state index in [-0.39, 0.29) is 12.5 Å². The van der Waals surface area contributed by atoms with Gasteiger partial charge in [-0.05, 0) is 17.7 Å². The number of amides is 1. The van der Waals surface area contributed by atoms with Crippen LogP contribution < -0.4 is 0 Å². The van der Waals surface area contributed by atoms with Crippen LogP contribution >= 0.6 is 11.6 Å². The van der Waals surface area contributed by atoms with Crippen LogP contribution in [0.5, 0.6) is 0 Å².